The maximum absolute atomic E-state index is 12.1. The van der Waals surface area contributed by atoms with Crippen LogP contribution in [0.2, 0.25) is 0 Å². The second-order valence-electron chi connectivity index (χ2n) is 10.4. The van der Waals surface area contributed by atoms with Gasteiger partial charge in [0.2, 0.25) is 11.6 Å². The molecule has 0 atom stereocenters. The van der Waals surface area contributed by atoms with E-state index in [2.05, 4.69) is 60.9 Å². The molecule has 1 amide bonds. The van der Waals surface area contributed by atoms with Gasteiger partial charge in [-0.3, -0.25) is 9.35 Å². The van der Waals surface area contributed by atoms with Crippen LogP contribution in [0.5, 0.6) is 0 Å². The van der Waals surface area contributed by atoms with Gasteiger partial charge in [-0.05, 0) is 55.7 Å². The average molecular weight is 546 g/mol. The molecule has 0 unspecified atom stereocenters. The first-order valence-electron chi connectivity index (χ1n) is 13.4. The Bertz CT molecular complexity index is 1540. The van der Waals surface area contributed by atoms with Gasteiger partial charge in [-0.2, -0.15) is 13.0 Å². The van der Waals surface area contributed by atoms with Gasteiger partial charge < -0.3 is 4.90 Å². The Labute approximate surface area is 231 Å². The first-order valence-corrected chi connectivity index (χ1v) is 15.0. The number of hydrogen-bond donors (Lipinski definition) is 1. The molecule has 0 saturated carbocycles. The van der Waals surface area contributed by atoms with E-state index < -0.39 is 10.1 Å². The number of nitrogens with zero attached hydrogens (tertiary/aromatic N) is 2. The molecule has 0 aliphatic carbocycles. The number of benzene rings is 3. The van der Waals surface area contributed by atoms with Crippen LogP contribution in [0.4, 0.5) is 11.4 Å². The largest absolute Gasteiger partial charge is 0.312 e. The summed E-state index contributed by atoms with van der Waals surface area (Å²) >= 11 is 0. The fourth-order valence-corrected chi connectivity index (χ4v) is 6.00. The topological polar surface area (TPSA) is 77.7 Å². The highest BCUT2D eigenvalue weighted by molar-refractivity contribution is 7.85. The van der Waals surface area contributed by atoms with Crippen molar-refractivity contribution >= 4 is 43.9 Å². The van der Waals surface area contributed by atoms with Crippen LogP contribution < -0.4 is 4.90 Å². The first kappa shape index (κ1) is 28.5. The van der Waals surface area contributed by atoms with Crippen LogP contribution in [-0.4, -0.2) is 48.0 Å². The van der Waals surface area contributed by atoms with E-state index in [1.807, 2.05) is 48.6 Å². The third kappa shape index (κ3) is 6.72. The van der Waals surface area contributed by atoms with Gasteiger partial charge in [-0.15, -0.1) is 0 Å². The molecule has 39 heavy (non-hydrogen) atoms. The van der Waals surface area contributed by atoms with Gasteiger partial charge in [0.25, 0.3) is 10.1 Å². The molecule has 6 nitrogen and oxygen atoms in total. The molecule has 3 aromatic rings. The molecule has 1 N–H and O–H groups in total. The van der Waals surface area contributed by atoms with Crippen molar-refractivity contribution in [1.29, 1.82) is 0 Å². The molecular formula is C32H37N2O4S+. The number of amides is 1. The van der Waals surface area contributed by atoms with Gasteiger partial charge in [-0.25, -0.2) is 0 Å². The molecule has 4 rings (SSSR count). The van der Waals surface area contributed by atoms with Gasteiger partial charge in [0, 0.05) is 43.3 Å². The Hall–Kier alpha value is -3.55. The van der Waals surface area contributed by atoms with Crippen molar-refractivity contribution in [2.45, 2.75) is 45.4 Å². The molecule has 0 spiro atoms. The minimum absolute atomic E-state index is 0.0167. The van der Waals surface area contributed by atoms with E-state index >= 15 is 0 Å². The van der Waals surface area contributed by atoms with Crippen molar-refractivity contribution in [3.8, 4) is 0 Å². The lowest BCUT2D eigenvalue weighted by Gasteiger charge is -2.20. The minimum Gasteiger partial charge on any atom is -0.312 e. The Balaban J connectivity index is 1.55. The molecular weight excluding hydrogens is 508 g/mol. The maximum Gasteiger partial charge on any atom is 0.264 e. The highest BCUT2D eigenvalue weighted by Crippen LogP contribution is 2.44. The number of anilines is 1. The second kappa shape index (κ2) is 12.1. The third-order valence-corrected chi connectivity index (χ3v) is 8.06. The van der Waals surface area contributed by atoms with Crippen LogP contribution in [0, 0.1) is 0 Å². The number of fused-ring (bicyclic) bond motifs is 3. The molecule has 204 valence electrons. The summed E-state index contributed by atoms with van der Waals surface area (Å²) in [4.78, 5) is 13.9. The van der Waals surface area contributed by atoms with Crippen molar-refractivity contribution in [3.05, 3.63) is 96.6 Å². The number of para-hydroxylation sites is 1. The quantitative estimate of drug-likeness (QED) is 0.130. The second-order valence-corrected chi connectivity index (χ2v) is 12.0. The first-order chi connectivity index (χ1) is 18.6. The van der Waals surface area contributed by atoms with Crippen molar-refractivity contribution in [2.24, 2.45) is 0 Å². The zero-order valence-corrected chi connectivity index (χ0v) is 23.7. The molecule has 0 radical (unpaired) electrons. The van der Waals surface area contributed by atoms with Gasteiger partial charge in [-0.1, -0.05) is 60.7 Å². The highest BCUT2D eigenvalue weighted by Gasteiger charge is 2.45. The highest BCUT2D eigenvalue weighted by atomic mass is 32.2. The summed E-state index contributed by atoms with van der Waals surface area (Å²) < 4.78 is 33.9. The summed E-state index contributed by atoms with van der Waals surface area (Å²) in [6.07, 6.45) is 10.0. The Morgan fingerprint density at radius 1 is 0.974 bits per heavy atom. The average Bonchev–Trinajstić information content (AvgIpc) is 3.11. The van der Waals surface area contributed by atoms with Crippen molar-refractivity contribution < 1.29 is 22.3 Å². The van der Waals surface area contributed by atoms with E-state index in [0.717, 1.165) is 23.5 Å². The predicted molar refractivity (Wildman–Crippen MR) is 160 cm³/mol. The van der Waals surface area contributed by atoms with Gasteiger partial charge >= 0.3 is 0 Å². The fourth-order valence-electron chi connectivity index (χ4n) is 5.43. The molecule has 3 aromatic carbocycles. The van der Waals surface area contributed by atoms with E-state index in [-0.39, 0.29) is 17.1 Å². The van der Waals surface area contributed by atoms with Crippen molar-refractivity contribution in [1.82, 2.24) is 0 Å². The van der Waals surface area contributed by atoms with Gasteiger partial charge in [0.05, 0.1) is 11.2 Å². The lowest BCUT2D eigenvalue weighted by molar-refractivity contribution is -0.438. The molecule has 1 aliphatic heterocycles. The summed E-state index contributed by atoms with van der Waals surface area (Å²) in [5.41, 5.74) is 4.17. The number of carbonyl (C=O) groups is 1. The summed E-state index contributed by atoms with van der Waals surface area (Å²) in [6, 6.07) is 22.4. The summed E-state index contributed by atoms with van der Waals surface area (Å²) in [6.45, 7) is 7.29. The molecule has 7 heteroatoms. The molecule has 0 fully saturated rings. The van der Waals surface area contributed by atoms with E-state index in [1.165, 1.54) is 16.3 Å². The maximum atomic E-state index is 12.1. The number of hydrogen-bond acceptors (Lipinski definition) is 3. The van der Waals surface area contributed by atoms with Crippen LogP contribution >= 0.6 is 0 Å². The van der Waals surface area contributed by atoms with Crippen LogP contribution in [0.1, 0.15) is 45.6 Å². The molecule has 1 aliphatic rings. The molecule has 1 heterocycles. The Kier molecular flexibility index (Phi) is 8.83. The van der Waals surface area contributed by atoms with Gasteiger partial charge in [0.1, 0.15) is 6.54 Å². The number of carbonyl (C=O) groups excluding carboxylic acids is 1. The fraction of sp³-hybridized carbons (Fsp3) is 0.312. The summed E-state index contributed by atoms with van der Waals surface area (Å²) in [5.74, 6) is -0.216. The SMILES string of the molecule is CC(=O)N(CC/C=C/C=C/C1=[N+](CCCCS(=O)(=O)O)c2ccc3ccccc3c2C1(C)C)c1ccccc1. The van der Waals surface area contributed by atoms with Crippen LogP contribution in [0.25, 0.3) is 10.8 Å². The van der Waals surface area contributed by atoms with E-state index in [1.54, 1.807) is 11.8 Å². The lowest BCUT2D eigenvalue weighted by Crippen LogP contribution is -2.29. The standard InChI is InChI=1S/C32H36N2O4S/c1-25(35)33(27-16-7-6-8-17-27)22-12-5-4-9-19-30-32(2,3)31-28-18-11-10-15-26(28)20-21-29(31)34(30)23-13-14-24-39(36,37)38/h4-11,15-21H,12-14,22-24H2,1-3H3/p+1/b5-4+,19-9+. The van der Waals surface area contributed by atoms with Crippen LogP contribution in [0.15, 0.2) is 91.0 Å². The summed E-state index contributed by atoms with van der Waals surface area (Å²) in [7, 11) is -3.97. The third-order valence-electron chi connectivity index (χ3n) is 7.26. The molecule has 0 bridgehead atoms. The van der Waals surface area contributed by atoms with E-state index in [4.69, 9.17) is 4.55 Å². The summed E-state index contributed by atoms with van der Waals surface area (Å²) in [5, 5.41) is 2.40. The normalized spacial score (nSPS) is 15.0. The molecule has 0 saturated heterocycles. The van der Waals surface area contributed by atoms with Crippen molar-refractivity contribution in [2.75, 3.05) is 23.7 Å². The number of unbranched alkanes of at least 4 members (excludes halogenated alkanes) is 1. The lowest BCUT2D eigenvalue weighted by atomic mass is 9.79. The Morgan fingerprint density at radius 3 is 2.41 bits per heavy atom. The number of rotatable bonds is 11. The molecule has 0 aromatic heterocycles. The Morgan fingerprint density at radius 2 is 1.69 bits per heavy atom. The smallest absolute Gasteiger partial charge is 0.264 e. The zero-order chi connectivity index (χ0) is 28.0. The van der Waals surface area contributed by atoms with Crippen LogP contribution in [-0.2, 0) is 20.3 Å². The van der Waals surface area contributed by atoms with Crippen molar-refractivity contribution in [3.63, 3.8) is 0 Å². The monoisotopic (exact) mass is 545 g/mol. The zero-order valence-electron chi connectivity index (χ0n) is 22.9. The van der Waals surface area contributed by atoms with E-state index in [0.29, 0.717) is 25.9 Å². The van der Waals surface area contributed by atoms with E-state index in [9.17, 15) is 13.2 Å². The van der Waals surface area contributed by atoms with Gasteiger partial charge in [0.15, 0.2) is 5.71 Å². The number of allylic oxidation sites excluding steroid dienone is 3. The predicted octanol–water partition coefficient (Wildman–Crippen LogP) is 6.44. The van der Waals surface area contributed by atoms with Crippen LogP contribution in [0.3, 0.4) is 0 Å². The minimum atomic E-state index is -3.97.